The van der Waals surface area contributed by atoms with E-state index in [4.69, 9.17) is 15.3 Å². The predicted octanol–water partition coefficient (Wildman–Crippen LogP) is 1.96. The SMILES string of the molecule is CCSCC(NN)c1cc(OC)cc(OC)c1. The third-order valence-electron chi connectivity index (χ3n) is 2.47. The van der Waals surface area contributed by atoms with Crippen LogP contribution in [0, 0.1) is 0 Å². The number of methoxy groups -OCH3 is 2. The molecule has 0 spiro atoms. The molecule has 0 aliphatic rings. The Hall–Kier alpha value is -0.910. The Balaban J connectivity index is 2.92. The first-order valence-corrected chi connectivity index (χ1v) is 6.67. The molecule has 1 unspecified atom stereocenters. The van der Waals surface area contributed by atoms with Gasteiger partial charge in [-0.05, 0) is 23.4 Å². The number of nitrogens with one attached hydrogen (secondary N) is 1. The molecule has 0 fully saturated rings. The molecule has 0 amide bonds. The van der Waals surface area contributed by atoms with Gasteiger partial charge in [-0.15, -0.1) is 0 Å². The maximum atomic E-state index is 5.58. The van der Waals surface area contributed by atoms with Crippen molar-refractivity contribution in [2.75, 3.05) is 25.7 Å². The van der Waals surface area contributed by atoms with Crippen LogP contribution in [-0.2, 0) is 0 Å². The normalized spacial score (nSPS) is 12.2. The molecular formula is C12H20N2O2S. The van der Waals surface area contributed by atoms with Gasteiger partial charge in [0.25, 0.3) is 0 Å². The number of hydrogen-bond acceptors (Lipinski definition) is 5. The minimum Gasteiger partial charge on any atom is -0.497 e. The van der Waals surface area contributed by atoms with E-state index < -0.39 is 0 Å². The van der Waals surface area contributed by atoms with Crippen LogP contribution in [0.1, 0.15) is 18.5 Å². The number of rotatable bonds is 7. The average Bonchev–Trinajstić information content (AvgIpc) is 2.39. The van der Waals surface area contributed by atoms with Crippen LogP contribution in [0.3, 0.4) is 0 Å². The summed E-state index contributed by atoms with van der Waals surface area (Å²) in [6, 6.07) is 5.90. The summed E-state index contributed by atoms with van der Waals surface area (Å²) in [4.78, 5) is 0. The minimum atomic E-state index is 0.101. The van der Waals surface area contributed by atoms with Crippen molar-refractivity contribution in [2.24, 2.45) is 5.84 Å². The Morgan fingerprint density at radius 3 is 2.24 bits per heavy atom. The molecule has 3 N–H and O–H groups in total. The van der Waals surface area contributed by atoms with Gasteiger partial charge in [0.2, 0.25) is 0 Å². The molecule has 0 heterocycles. The van der Waals surface area contributed by atoms with E-state index in [2.05, 4.69) is 12.3 Å². The molecule has 1 aromatic carbocycles. The van der Waals surface area contributed by atoms with E-state index in [1.54, 1.807) is 14.2 Å². The highest BCUT2D eigenvalue weighted by Gasteiger charge is 2.12. The minimum absolute atomic E-state index is 0.101. The third kappa shape index (κ3) is 4.11. The molecule has 0 aromatic heterocycles. The Bertz CT molecular complexity index is 325. The van der Waals surface area contributed by atoms with Crippen molar-refractivity contribution in [1.82, 2.24) is 5.43 Å². The summed E-state index contributed by atoms with van der Waals surface area (Å²) < 4.78 is 10.5. The molecule has 0 saturated carbocycles. The summed E-state index contributed by atoms with van der Waals surface area (Å²) in [6.07, 6.45) is 0. The molecule has 1 aromatic rings. The topological polar surface area (TPSA) is 56.5 Å². The van der Waals surface area contributed by atoms with Gasteiger partial charge in [-0.25, -0.2) is 0 Å². The summed E-state index contributed by atoms with van der Waals surface area (Å²) >= 11 is 1.84. The van der Waals surface area contributed by atoms with Gasteiger partial charge in [0, 0.05) is 11.8 Å². The number of hydrazine groups is 1. The Labute approximate surface area is 107 Å². The van der Waals surface area contributed by atoms with Crippen molar-refractivity contribution in [3.63, 3.8) is 0 Å². The number of benzene rings is 1. The lowest BCUT2D eigenvalue weighted by Gasteiger charge is -2.17. The van der Waals surface area contributed by atoms with Gasteiger partial charge in [0.1, 0.15) is 11.5 Å². The first kappa shape index (κ1) is 14.2. The number of thioether (sulfide) groups is 1. The van der Waals surface area contributed by atoms with Crippen LogP contribution < -0.4 is 20.7 Å². The molecule has 0 bridgehead atoms. The van der Waals surface area contributed by atoms with Gasteiger partial charge in [-0.1, -0.05) is 6.92 Å². The molecule has 1 atom stereocenters. The van der Waals surface area contributed by atoms with Crippen LogP contribution in [0.25, 0.3) is 0 Å². The molecule has 0 saturated heterocycles. The first-order valence-electron chi connectivity index (χ1n) is 5.52. The zero-order valence-corrected chi connectivity index (χ0v) is 11.3. The highest BCUT2D eigenvalue weighted by molar-refractivity contribution is 7.99. The van der Waals surface area contributed by atoms with E-state index in [-0.39, 0.29) is 6.04 Å². The predicted molar refractivity (Wildman–Crippen MR) is 72.6 cm³/mol. The van der Waals surface area contributed by atoms with Crippen molar-refractivity contribution >= 4 is 11.8 Å². The highest BCUT2D eigenvalue weighted by Crippen LogP contribution is 2.27. The highest BCUT2D eigenvalue weighted by atomic mass is 32.2. The molecule has 4 nitrogen and oxygen atoms in total. The van der Waals surface area contributed by atoms with Crippen molar-refractivity contribution in [1.29, 1.82) is 0 Å². The Morgan fingerprint density at radius 1 is 1.24 bits per heavy atom. The second kappa shape index (κ2) is 7.42. The average molecular weight is 256 g/mol. The lowest BCUT2D eigenvalue weighted by molar-refractivity contribution is 0.392. The lowest BCUT2D eigenvalue weighted by atomic mass is 10.1. The van der Waals surface area contributed by atoms with E-state index in [0.717, 1.165) is 28.6 Å². The summed E-state index contributed by atoms with van der Waals surface area (Å²) in [5.74, 6) is 9.13. The molecule has 96 valence electrons. The fourth-order valence-corrected chi connectivity index (χ4v) is 2.27. The third-order valence-corrected chi connectivity index (χ3v) is 3.44. The van der Waals surface area contributed by atoms with Crippen LogP contribution in [0.5, 0.6) is 11.5 Å². The number of nitrogens with two attached hydrogens (primary N) is 1. The molecule has 0 aliphatic carbocycles. The van der Waals surface area contributed by atoms with Gasteiger partial charge in [0.15, 0.2) is 0 Å². The second-order valence-corrected chi connectivity index (χ2v) is 4.84. The smallest absolute Gasteiger partial charge is 0.122 e. The van der Waals surface area contributed by atoms with E-state index in [9.17, 15) is 0 Å². The molecule has 1 rings (SSSR count). The Morgan fingerprint density at radius 2 is 1.82 bits per heavy atom. The zero-order valence-electron chi connectivity index (χ0n) is 10.5. The quantitative estimate of drug-likeness (QED) is 0.577. The molecule has 17 heavy (non-hydrogen) atoms. The van der Waals surface area contributed by atoms with E-state index in [1.165, 1.54) is 0 Å². The number of hydrogen-bond donors (Lipinski definition) is 2. The van der Waals surface area contributed by atoms with E-state index >= 15 is 0 Å². The van der Waals surface area contributed by atoms with Crippen LogP contribution in [0.2, 0.25) is 0 Å². The van der Waals surface area contributed by atoms with Crippen LogP contribution >= 0.6 is 11.8 Å². The van der Waals surface area contributed by atoms with E-state index in [0.29, 0.717) is 0 Å². The van der Waals surface area contributed by atoms with Crippen molar-refractivity contribution < 1.29 is 9.47 Å². The Kier molecular flexibility index (Phi) is 6.18. The standard InChI is InChI=1S/C12H20N2O2S/c1-4-17-8-12(14-13)9-5-10(15-2)7-11(6-9)16-3/h5-7,12,14H,4,8,13H2,1-3H3. The molecular weight excluding hydrogens is 236 g/mol. The summed E-state index contributed by atoms with van der Waals surface area (Å²) in [6.45, 7) is 2.13. The summed E-state index contributed by atoms with van der Waals surface area (Å²) in [7, 11) is 3.29. The summed E-state index contributed by atoms with van der Waals surface area (Å²) in [5.41, 5.74) is 3.90. The van der Waals surface area contributed by atoms with Crippen molar-refractivity contribution in [3.8, 4) is 11.5 Å². The summed E-state index contributed by atoms with van der Waals surface area (Å²) in [5, 5.41) is 0. The molecule has 0 aliphatic heterocycles. The zero-order chi connectivity index (χ0) is 12.7. The van der Waals surface area contributed by atoms with Crippen molar-refractivity contribution in [2.45, 2.75) is 13.0 Å². The van der Waals surface area contributed by atoms with Gasteiger partial charge < -0.3 is 9.47 Å². The van der Waals surface area contributed by atoms with Crippen molar-refractivity contribution in [3.05, 3.63) is 23.8 Å². The monoisotopic (exact) mass is 256 g/mol. The molecule has 5 heteroatoms. The maximum Gasteiger partial charge on any atom is 0.122 e. The second-order valence-electron chi connectivity index (χ2n) is 3.52. The van der Waals surface area contributed by atoms with Gasteiger partial charge in [-0.2, -0.15) is 11.8 Å². The first-order chi connectivity index (χ1) is 8.24. The largest absolute Gasteiger partial charge is 0.497 e. The fraction of sp³-hybridized carbons (Fsp3) is 0.500. The van der Waals surface area contributed by atoms with Gasteiger partial charge in [-0.3, -0.25) is 11.3 Å². The lowest BCUT2D eigenvalue weighted by Crippen LogP contribution is -2.29. The van der Waals surface area contributed by atoms with Gasteiger partial charge >= 0.3 is 0 Å². The van der Waals surface area contributed by atoms with Crippen LogP contribution in [0.15, 0.2) is 18.2 Å². The van der Waals surface area contributed by atoms with Gasteiger partial charge in [0.05, 0.1) is 20.3 Å². The maximum absolute atomic E-state index is 5.58. The van der Waals surface area contributed by atoms with Crippen LogP contribution in [0.4, 0.5) is 0 Å². The van der Waals surface area contributed by atoms with E-state index in [1.807, 2.05) is 30.0 Å². The fourth-order valence-electron chi connectivity index (χ4n) is 1.51. The van der Waals surface area contributed by atoms with Crippen LogP contribution in [-0.4, -0.2) is 25.7 Å². The number of ether oxygens (including phenoxy) is 2. The molecule has 0 radical (unpaired) electrons.